The van der Waals surface area contributed by atoms with Gasteiger partial charge in [0.25, 0.3) is 0 Å². The molecular weight excluding hydrogens is 312 g/mol. The number of carbonyl (C=O) groups is 1. The smallest absolute Gasteiger partial charge is 0.246 e. The van der Waals surface area contributed by atoms with E-state index in [1.165, 1.54) is 0 Å². The molecule has 0 spiro atoms. The molecule has 1 aliphatic rings. The van der Waals surface area contributed by atoms with Crippen LogP contribution >= 0.6 is 0 Å². The molecule has 0 radical (unpaired) electrons. The molecule has 132 valence electrons. The number of nitrogens with one attached hydrogen (secondary N) is 1. The Bertz CT molecular complexity index is 730. The molecule has 2 aromatic rings. The lowest BCUT2D eigenvalue weighted by molar-refractivity contribution is -0.121. The first-order valence-corrected chi connectivity index (χ1v) is 8.86. The number of aliphatic hydroxyl groups excluding tert-OH is 1. The Morgan fingerprint density at radius 1 is 1.24 bits per heavy atom. The lowest BCUT2D eigenvalue weighted by atomic mass is 10.0. The number of aliphatic hydroxyl groups is 1. The van der Waals surface area contributed by atoms with Gasteiger partial charge in [0.05, 0.1) is 0 Å². The van der Waals surface area contributed by atoms with Crippen molar-refractivity contribution in [3.63, 3.8) is 0 Å². The predicted molar refractivity (Wildman–Crippen MR) is 100 cm³/mol. The van der Waals surface area contributed by atoms with E-state index in [0.29, 0.717) is 0 Å². The van der Waals surface area contributed by atoms with Gasteiger partial charge in [-0.25, -0.2) is 0 Å². The number of rotatable bonds is 5. The van der Waals surface area contributed by atoms with Crippen molar-refractivity contribution in [2.75, 3.05) is 25.0 Å². The van der Waals surface area contributed by atoms with E-state index >= 15 is 0 Å². The molecule has 0 unspecified atom stereocenters. The van der Waals surface area contributed by atoms with Crippen LogP contribution < -0.4 is 5.32 Å². The highest BCUT2D eigenvalue weighted by atomic mass is 16.3. The Balaban J connectivity index is 1.86. The molecular formula is C21H26N2O2. The highest BCUT2D eigenvalue weighted by Gasteiger charge is 2.33. The number of aryl methyl sites for hydroxylation is 2. The maximum atomic E-state index is 13.1. The first kappa shape index (κ1) is 17.6. The van der Waals surface area contributed by atoms with Crippen molar-refractivity contribution >= 4 is 11.6 Å². The Labute approximate surface area is 149 Å². The molecule has 1 aliphatic heterocycles. The van der Waals surface area contributed by atoms with E-state index in [9.17, 15) is 9.90 Å². The standard InChI is InChI=1S/C21H26N2O2/c1-15-8-9-16(2)19(12-15)22-21(25)20(18-6-4-3-5-7-18)23-11-10-17(13-23)14-24/h3-9,12,17,20,24H,10-11,13-14H2,1-2H3,(H,22,25)/t17-,20+/m0/s1. The second-order valence-corrected chi connectivity index (χ2v) is 6.95. The van der Waals surface area contributed by atoms with E-state index in [4.69, 9.17) is 0 Å². The van der Waals surface area contributed by atoms with Gasteiger partial charge in [0.1, 0.15) is 6.04 Å². The zero-order chi connectivity index (χ0) is 17.8. The fourth-order valence-corrected chi connectivity index (χ4v) is 3.48. The molecule has 4 heteroatoms. The quantitative estimate of drug-likeness (QED) is 0.879. The van der Waals surface area contributed by atoms with Crippen LogP contribution in [0, 0.1) is 19.8 Å². The lowest BCUT2D eigenvalue weighted by Crippen LogP contribution is -2.36. The fourth-order valence-electron chi connectivity index (χ4n) is 3.48. The fraction of sp³-hybridized carbons (Fsp3) is 0.381. The summed E-state index contributed by atoms with van der Waals surface area (Å²) in [4.78, 5) is 15.3. The maximum absolute atomic E-state index is 13.1. The summed E-state index contributed by atoms with van der Waals surface area (Å²) in [5.74, 6) is 0.234. The van der Waals surface area contributed by atoms with E-state index in [-0.39, 0.29) is 24.5 Å². The number of likely N-dealkylation sites (tertiary alicyclic amines) is 1. The van der Waals surface area contributed by atoms with Crippen molar-refractivity contribution in [2.24, 2.45) is 5.92 Å². The molecule has 0 aromatic heterocycles. The molecule has 2 atom stereocenters. The average Bonchev–Trinajstić information content (AvgIpc) is 3.08. The monoisotopic (exact) mass is 338 g/mol. The summed E-state index contributed by atoms with van der Waals surface area (Å²) in [5, 5.41) is 12.6. The Morgan fingerprint density at radius 3 is 2.68 bits per heavy atom. The molecule has 1 saturated heterocycles. The second kappa shape index (κ2) is 7.81. The Kier molecular flexibility index (Phi) is 5.51. The van der Waals surface area contributed by atoms with Crippen LogP contribution in [0.4, 0.5) is 5.69 Å². The molecule has 1 heterocycles. The predicted octanol–water partition coefficient (Wildman–Crippen LogP) is 3.30. The van der Waals surface area contributed by atoms with Gasteiger partial charge >= 0.3 is 0 Å². The molecule has 3 rings (SSSR count). The van der Waals surface area contributed by atoms with Gasteiger partial charge in [-0.3, -0.25) is 9.69 Å². The zero-order valence-corrected chi connectivity index (χ0v) is 14.9. The highest BCUT2D eigenvalue weighted by molar-refractivity contribution is 5.96. The van der Waals surface area contributed by atoms with Crippen molar-refractivity contribution in [3.8, 4) is 0 Å². The van der Waals surface area contributed by atoms with Gasteiger partial charge in [-0.15, -0.1) is 0 Å². The molecule has 2 N–H and O–H groups in total. The number of amides is 1. The second-order valence-electron chi connectivity index (χ2n) is 6.95. The third-order valence-corrected chi connectivity index (χ3v) is 4.96. The van der Waals surface area contributed by atoms with Gasteiger partial charge in [-0.2, -0.15) is 0 Å². The third kappa shape index (κ3) is 4.09. The molecule has 0 saturated carbocycles. The molecule has 2 aromatic carbocycles. The van der Waals surface area contributed by atoms with Crippen LogP contribution in [0.5, 0.6) is 0 Å². The van der Waals surface area contributed by atoms with Gasteiger partial charge in [0.15, 0.2) is 0 Å². The van der Waals surface area contributed by atoms with Crippen molar-refractivity contribution in [3.05, 3.63) is 65.2 Å². The van der Waals surface area contributed by atoms with Crippen LogP contribution in [0.25, 0.3) is 0 Å². The summed E-state index contributed by atoms with van der Waals surface area (Å²) < 4.78 is 0. The number of anilines is 1. The van der Waals surface area contributed by atoms with Gasteiger partial charge in [-0.1, -0.05) is 42.5 Å². The van der Waals surface area contributed by atoms with Crippen molar-refractivity contribution in [1.82, 2.24) is 4.90 Å². The molecule has 25 heavy (non-hydrogen) atoms. The van der Waals surface area contributed by atoms with Crippen LogP contribution in [0.2, 0.25) is 0 Å². The highest BCUT2D eigenvalue weighted by Crippen LogP contribution is 2.29. The third-order valence-electron chi connectivity index (χ3n) is 4.96. The summed E-state index contributed by atoms with van der Waals surface area (Å²) in [6, 6.07) is 15.6. The Morgan fingerprint density at radius 2 is 2.00 bits per heavy atom. The van der Waals surface area contributed by atoms with Gasteiger partial charge < -0.3 is 10.4 Å². The molecule has 1 amide bonds. The topological polar surface area (TPSA) is 52.6 Å². The van der Waals surface area contributed by atoms with Crippen LogP contribution in [-0.2, 0) is 4.79 Å². The first-order valence-electron chi connectivity index (χ1n) is 8.86. The summed E-state index contributed by atoms with van der Waals surface area (Å²) in [5.41, 5.74) is 4.03. The summed E-state index contributed by atoms with van der Waals surface area (Å²) in [7, 11) is 0. The summed E-state index contributed by atoms with van der Waals surface area (Å²) in [6.45, 7) is 5.78. The van der Waals surface area contributed by atoms with Crippen molar-refractivity contribution in [1.29, 1.82) is 0 Å². The van der Waals surface area contributed by atoms with E-state index in [1.807, 2.05) is 62.4 Å². The van der Waals surface area contributed by atoms with E-state index < -0.39 is 0 Å². The Hall–Kier alpha value is -2.17. The van der Waals surface area contributed by atoms with E-state index in [1.54, 1.807) is 0 Å². The number of nitrogens with zero attached hydrogens (tertiary/aromatic N) is 1. The van der Waals surface area contributed by atoms with Crippen LogP contribution in [0.3, 0.4) is 0 Å². The maximum Gasteiger partial charge on any atom is 0.246 e. The van der Waals surface area contributed by atoms with Crippen molar-refractivity contribution < 1.29 is 9.90 Å². The number of benzene rings is 2. The van der Waals surface area contributed by atoms with Crippen LogP contribution in [0.1, 0.15) is 29.2 Å². The molecule has 0 aliphatic carbocycles. The van der Waals surface area contributed by atoms with Gasteiger partial charge in [-0.05, 0) is 55.5 Å². The normalized spacial score (nSPS) is 18.9. The summed E-state index contributed by atoms with van der Waals surface area (Å²) in [6.07, 6.45) is 0.927. The minimum absolute atomic E-state index is 0.0153. The zero-order valence-electron chi connectivity index (χ0n) is 14.9. The largest absolute Gasteiger partial charge is 0.396 e. The average molecular weight is 338 g/mol. The number of hydrogen-bond acceptors (Lipinski definition) is 3. The lowest BCUT2D eigenvalue weighted by Gasteiger charge is -2.27. The van der Waals surface area contributed by atoms with E-state index in [2.05, 4.69) is 10.2 Å². The van der Waals surface area contributed by atoms with E-state index in [0.717, 1.165) is 41.9 Å². The minimum atomic E-state index is -0.335. The molecule has 1 fully saturated rings. The molecule has 4 nitrogen and oxygen atoms in total. The number of hydrogen-bond donors (Lipinski definition) is 2. The van der Waals surface area contributed by atoms with Gasteiger partial charge in [0, 0.05) is 18.8 Å². The van der Waals surface area contributed by atoms with Crippen LogP contribution in [-0.4, -0.2) is 35.6 Å². The minimum Gasteiger partial charge on any atom is -0.396 e. The van der Waals surface area contributed by atoms with Crippen LogP contribution in [0.15, 0.2) is 48.5 Å². The summed E-state index contributed by atoms with van der Waals surface area (Å²) >= 11 is 0. The first-order chi connectivity index (χ1) is 12.1. The van der Waals surface area contributed by atoms with Gasteiger partial charge in [0.2, 0.25) is 5.91 Å². The number of carbonyl (C=O) groups excluding carboxylic acids is 1. The molecule has 0 bridgehead atoms. The SMILES string of the molecule is Cc1ccc(C)c(NC(=O)[C@@H](c2ccccc2)N2CC[C@H](CO)C2)c1. The van der Waals surface area contributed by atoms with Crippen molar-refractivity contribution in [2.45, 2.75) is 26.3 Å².